The molecule has 6 nitrogen and oxygen atoms in total. The fourth-order valence-corrected chi connectivity index (χ4v) is 4.73. The molecule has 1 aromatic heterocycles. The van der Waals surface area contributed by atoms with Gasteiger partial charge in [-0.3, -0.25) is 14.4 Å². The second-order valence-electron chi connectivity index (χ2n) is 7.80. The molecule has 0 radical (unpaired) electrons. The molecule has 1 atom stereocenters. The van der Waals surface area contributed by atoms with Crippen molar-refractivity contribution in [1.29, 1.82) is 0 Å². The lowest BCUT2D eigenvalue weighted by atomic mass is 10.1. The van der Waals surface area contributed by atoms with E-state index in [1.807, 2.05) is 30.3 Å². The Morgan fingerprint density at radius 3 is 2.39 bits per heavy atom. The van der Waals surface area contributed by atoms with Crippen molar-refractivity contribution in [1.82, 2.24) is 10.6 Å². The van der Waals surface area contributed by atoms with Crippen LogP contribution in [-0.4, -0.2) is 30.8 Å². The minimum absolute atomic E-state index is 0.116. The molecule has 2 N–H and O–H groups in total. The van der Waals surface area contributed by atoms with Gasteiger partial charge >= 0.3 is 0 Å². The Kier molecular flexibility index (Phi) is 7.42. The zero-order valence-electron chi connectivity index (χ0n) is 17.9. The van der Waals surface area contributed by atoms with E-state index in [9.17, 15) is 14.4 Å². The SMILES string of the molecule is O=C(NC(CNC(=O)c1ccc(Cl)s1)c1ccccc1)c1ccc(N2CCCCC2=O)cc1. The molecule has 0 aliphatic carbocycles. The molecule has 3 amide bonds. The Bertz CT molecular complexity index is 1130. The van der Waals surface area contributed by atoms with Gasteiger partial charge in [0.2, 0.25) is 5.91 Å². The Morgan fingerprint density at radius 2 is 1.73 bits per heavy atom. The van der Waals surface area contributed by atoms with Crippen molar-refractivity contribution in [3.05, 3.63) is 87.1 Å². The van der Waals surface area contributed by atoms with Crippen LogP contribution < -0.4 is 15.5 Å². The van der Waals surface area contributed by atoms with Gasteiger partial charge in [0.1, 0.15) is 0 Å². The van der Waals surface area contributed by atoms with Crippen LogP contribution in [0.2, 0.25) is 4.34 Å². The van der Waals surface area contributed by atoms with E-state index >= 15 is 0 Å². The summed E-state index contributed by atoms with van der Waals surface area (Å²) >= 11 is 7.13. The van der Waals surface area contributed by atoms with Gasteiger partial charge in [0.25, 0.3) is 11.8 Å². The third-order valence-corrected chi connectivity index (χ3v) is 6.77. The van der Waals surface area contributed by atoms with Gasteiger partial charge in [-0.05, 0) is 54.8 Å². The fraction of sp³-hybridized carbons (Fsp3) is 0.240. The number of thiophene rings is 1. The highest BCUT2D eigenvalue weighted by Crippen LogP contribution is 2.23. The van der Waals surface area contributed by atoms with Gasteiger partial charge in [0.05, 0.1) is 15.3 Å². The van der Waals surface area contributed by atoms with Crippen LogP contribution in [0, 0.1) is 0 Å². The quantitative estimate of drug-likeness (QED) is 0.507. The molecule has 1 unspecified atom stereocenters. The van der Waals surface area contributed by atoms with Crippen LogP contribution in [0.3, 0.4) is 0 Å². The Hall–Kier alpha value is -3.16. The van der Waals surface area contributed by atoms with Crippen molar-refractivity contribution < 1.29 is 14.4 Å². The summed E-state index contributed by atoms with van der Waals surface area (Å²) in [6.45, 7) is 0.931. The summed E-state index contributed by atoms with van der Waals surface area (Å²) in [6.07, 6.45) is 2.47. The largest absolute Gasteiger partial charge is 0.349 e. The van der Waals surface area contributed by atoms with Crippen LogP contribution >= 0.6 is 22.9 Å². The maximum absolute atomic E-state index is 13.0. The normalized spacial score (nSPS) is 14.6. The zero-order chi connectivity index (χ0) is 23.2. The number of piperidine rings is 1. The first-order valence-electron chi connectivity index (χ1n) is 10.8. The van der Waals surface area contributed by atoms with E-state index in [0.29, 0.717) is 27.7 Å². The number of hydrogen-bond donors (Lipinski definition) is 2. The van der Waals surface area contributed by atoms with Crippen LogP contribution in [-0.2, 0) is 4.79 Å². The molecular formula is C25H24ClN3O3S. The predicted molar refractivity (Wildman–Crippen MR) is 131 cm³/mol. The molecule has 3 aromatic rings. The Labute approximate surface area is 201 Å². The van der Waals surface area contributed by atoms with Crippen LogP contribution in [0.25, 0.3) is 0 Å². The lowest BCUT2D eigenvalue weighted by Gasteiger charge is -2.27. The van der Waals surface area contributed by atoms with Gasteiger partial charge in [-0.25, -0.2) is 0 Å². The first-order chi connectivity index (χ1) is 16.0. The van der Waals surface area contributed by atoms with Crippen molar-refractivity contribution in [3.63, 3.8) is 0 Å². The summed E-state index contributed by atoms with van der Waals surface area (Å²) < 4.78 is 0.544. The molecule has 2 heterocycles. The minimum Gasteiger partial charge on any atom is -0.349 e. The molecular weight excluding hydrogens is 458 g/mol. The topological polar surface area (TPSA) is 78.5 Å². The number of anilines is 1. The molecule has 0 bridgehead atoms. The molecule has 1 fully saturated rings. The van der Waals surface area contributed by atoms with Gasteiger partial charge in [-0.2, -0.15) is 0 Å². The number of halogens is 1. The third-order valence-electron chi connectivity index (χ3n) is 5.54. The summed E-state index contributed by atoms with van der Waals surface area (Å²) in [5.41, 5.74) is 2.17. The molecule has 0 spiro atoms. The molecule has 0 saturated carbocycles. The van der Waals surface area contributed by atoms with E-state index in [-0.39, 0.29) is 24.3 Å². The van der Waals surface area contributed by atoms with E-state index in [4.69, 9.17) is 11.6 Å². The summed E-state index contributed by atoms with van der Waals surface area (Å²) in [6, 6.07) is 19.5. The average Bonchev–Trinajstić information content (AvgIpc) is 3.29. The number of amides is 3. The maximum Gasteiger partial charge on any atom is 0.261 e. The van der Waals surface area contributed by atoms with Crippen molar-refractivity contribution in [2.75, 3.05) is 18.0 Å². The summed E-state index contributed by atoms with van der Waals surface area (Å²) in [5.74, 6) is -0.378. The number of carbonyl (C=O) groups is 3. The first kappa shape index (κ1) is 23.0. The summed E-state index contributed by atoms with van der Waals surface area (Å²) in [7, 11) is 0. The van der Waals surface area contributed by atoms with E-state index < -0.39 is 6.04 Å². The van der Waals surface area contributed by atoms with E-state index in [0.717, 1.165) is 24.1 Å². The third kappa shape index (κ3) is 5.80. The Balaban J connectivity index is 1.44. The van der Waals surface area contributed by atoms with Crippen molar-refractivity contribution >= 4 is 46.3 Å². The van der Waals surface area contributed by atoms with E-state index in [1.165, 1.54) is 11.3 Å². The molecule has 33 heavy (non-hydrogen) atoms. The molecule has 4 rings (SSSR count). The van der Waals surface area contributed by atoms with Crippen molar-refractivity contribution in [2.24, 2.45) is 0 Å². The van der Waals surface area contributed by atoms with E-state index in [2.05, 4.69) is 10.6 Å². The molecule has 1 aliphatic rings. The van der Waals surface area contributed by atoms with Gasteiger partial charge in [0, 0.05) is 30.8 Å². The van der Waals surface area contributed by atoms with Crippen LogP contribution in [0.15, 0.2) is 66.7 Å². The second kappa shape index (κ2) is 10.6. The number of nitrogens with one attached hydrogen (secondary N) is 2. The van der Waals surface area contributed by atoms with Gasteiger partial charge in [0.15, 0.2) is 0 Å². The van der Waals surface area contributed by atoms with Crippen molar-refractivity contribution in [2.45, 2.75) is 25.3 Å². The summed E-state index contributed by atoms with van der Waals surface area (Å²) in [4.78, 5) is 39.9. The number of carbonyl (C=O) groups excluding carboxylic acids is 3. The van der Waals surface area contributed by atoms with Gasteiger partial charge < -0.3 is 15.5 Å². The van der Waals surface area contributed by atoms with Crippen LogP contribution in [0.1, 0.15) is 50.9 Å². The zero-order valence-corrected chi connectivity index (χ0v) is 19.5. The van der Waals surface area contributed by atoms with Crippen LogP contribution in [0.4, 0.5) is 5.69 Å². The highest BCUT2D eigenvalue weighted by atomic mass is 35.5. The number of hydrogen-bond acceptors (Lipinski definition) is 4. The lowest BCUT2D eigenvalue weighted by Crippen LogP contribution is -2.38. The monoisotopic (exact) mass is 481 g/mol. The van der Waals surface area contributed by atoms with Gasteiger partial charge in [-0.15, -0.1) is 11.3 Å². The van der Waals surface area contributed by atoms with E-state index in [1.54, 1.807) is 41.3 Å². The second-order valence-corrected chi connectivity index (χ2v) is 9.51. The maximum atomic E-state index is 13.0. The molecule has 8 heteroatoms. The summed E-state index contributed by atoms with van der Waals surface area (Å²) in [5, 5.41) is 5.89. The van der Waals surface area contributed by atoms with Crippen molar-refractivity contribution in [3.8, 4) is 0 Å². The minimum atomic E-state index is -0.415. The lowest BCUT2D eigenvalue weighted by molar-refractivity contribution is -0.119. The standard InChI is InChI=1S/C25H24ClN3O3S/c26-22-14-13-21(33-22)25(32)27-16-20(17-6-2-1-3-7-17)28-24(31)18-9-11-19(12-10-18)29-15-5-4-8-23(29)30/h1-3,6-7,9-14,20H,4-5,8,15-16H2,(H,27,32)(H,28,31). The molecule has 170 valence electrons. The highest BCUT2D eigenvalue weighted by molar-refractivity contribution is 7.18. The first-order valence-corrected chi connectivity index (χ1v) is 12.0. The number of rotatable bonds is 7. The number of benzene rings is 2. The fourth-order valence-electron chi connectivity index (χ4n) is 3.77. The predicted octanol–water partition coefficient (Wildman–Crippen LogP) is 4.82. The van der Waals surface area contributed by atoms with Gasteiger partial charge in [-0.1, -0.05) is 41.9 Å². The average molecular weight is 482 g/mol. The highest BCUT2D eigenvalue weighted by Gasteiger charge is 2.21. The molecule has 2 aromatic carbocycles. The molecule has 1 aliphatic heterocycles. The Morgan fingerprint density at radius 1 is 0.970 bits per heavy atom. The number of nitrogens with zero attached hydrogens (tertiary/aromatic N) is 1. The molecule has 1 saturated heterocycles. The van der Waals surface area contributed by atoms with Crippen LogP contribution in [0.5, 0.6) is 0 Å². The smallest absolute Gasteiger partial charge is 0.261 e.